The molecule has 3 aromatic carbocycles. The number of benzene rings is 3. The quantitative estimate of drug-likeness (QED) is 0.344. The normalized spacial score (nSPS) is 11.2. The summed E-state index contributed by atoms with van der Waals surface area (Å²) in [6.07, 6.45) is 0.274. The Hall–Kier alpha value is -3.49. The maximum absolute atomic E-state index is 13.0. The minimum Gasteiger partial charge on any atom is -0.384 e. The summed E-state index contributed by atoms with van der Waals surface area (Å²) in [4.78, 5) is 17.6. The fraction of sp³-hybridized carbons (Fsp3) is 0.0870. The summed E-state index contributed by atoms with van der Waals surface area (Å²) >= 11 is 0. The molecule has 7 nitrogen and oxygen atoms in total. The van der Waals surface area contributed by atoms with E-state index in [9.17, 15) is 13.2 Å². The number of rotatable bonds is 5. The van der Waals surface area contributed by atoms with E-state index in [1.807, 2.05) is 0 Å². The number of nitrogens with zero attached hydrogens (tertiary/aromatic N) is 2. The maximum Gasteiger partial charge on any atom is 0.272 e. The zero-order valence-corrected chi connectivity index (χ0v) is 18.8. The summed E-state index contributed by atoms with van der Waals surface area (Å²) in [6, 6.07) is 19.8. The zero-order valence-electron chi connectivity index (χ0n) is 17.1. The van der Waals surface area contributed by atoms with Crippen LogP contribution in [-0.2, 0) is 23.3 Å². The molecule has 0 spiro atoms. The summed E-state index contributed by atoms with van der Waals surface area (Å²) < 4.78 is 27.4. The molecule has 3 N–H and O–H groups in total. The Balaban J connectivity index is 0.00000289. The van der Waals surface area contributed by atoms with Crippen molar-refractivity contribution in [3.8, 4) is 0 Å². The predicted molar refractivity (Wildman–Crippen MR) is 126 cm³/mol. The maximum atomic E-state index is 13.0. The molecular weight excluding hydrogens is 448 g/mol. The van der Waals surface area contributed by atoms with Gasteiger partial charge in [0.25, 0.3) is 5.56 Å². The van der Waals surface area contributed by atoms with Crippen molar-refractivity contribution in [1.82, 2.24) is 9.55 Å². The molecule has 164 valence electrons. The second kappa shape index (κ2) is 8.94. The standard InChI is InChI=1S/C23H20N4O3S.ClH/c1-27-21-12-11-18(31(29,30)17-5-3-2-4-6-17)14-19(21)26-20(23(27)28)13-15-7-9-16(10-8-15)22(24)25;/h2-12,14H,13H2,1H3,(H3,24,25);1H. The summed E-state index contributed by atoms with van der Waals surface area (Å²) in [5.41, 5.74) is 7.95. The van der Waals surface area contributed by atoms with Gasteiger partial charge in [0.2, 0.25) is 9.84 Å². The highest BCUT2D eigenvalue weighted by Crippen LogP contribution is 2.23. The molecule has 1 heterocycles. The fourth-order valence-electron chi connectivity index (χ4n) is 3.39. The van der Waals surface area contributed by atoms with Crippen molar-refractivity contribution in [2.45, 2.75) is 16.2 Å². The molecule has 0 radical (unpaired) electrons. The van der Waals surface area contributed by atoms with Crippen LogP contribution in [0.25, 0.3) is 11.0 Å². The van der Waals surface area contributed by atoms with Gasteiger partial charge in [-0.25, -0.2) is 13.4 Å². The Kier molecular flexibility index (Phi) is 6.47. The number of aromatic nitrogens is 2. The van der Waals surface area contributed by atoms with Crippen molar-refractivity contribution in [2.75, 3.05) is 0 Å². The van der Waals surface area contributed by atoms with Gasteiger partial charge >= 0.3 is 0 Å². The SMILES string of the molecule is Cl.Cn1c(=O)c(Cc2ccc(C(=N)N)cc2)nc2cc(S(=O)(=O)c3ccccc3)ccc21. The summed E-state index contributed by atoms with van der Waals surface area (Å²) in [5, 5.41) is 7.48. The van der Waals surface area contributed by atoms with Crippen molar-refractivity contribution in [2.24, 2.45) is 12.8 Å². The molecule has 0 unspecified atom stereocenters. The van der Waals surface area contributed by atoms with Gasteiger partial charge in [-0.1, -0.05) is 42.5 Å². The van der Waals surface area contributed by atoms with Gasteiger partial charge in [-0.3, -0.25) is 10.2 Å². The monoisotopic (exact) mass is 468 g/mol. The van der Waals surface area contributed by atoms with Crippen LogP contribution in [-0.4, -0.2) is 23.8 Å². The molecule has 9 heteroatoms. The van der Waals surface area contributed by atoms with Crippen LogP contribution >= 0.6 is 12.4 Å². The zero-order chi connectivity index (χ0) is 22.2. The van der Waals surface area contributed by atoms with E-state index in [2.05, 4.69) is 4.98 Å². The topological polar surface area (TPSA) is 119 Å². The molecule has 32 heavy (non-hydrogen) atoms. The van der Waals surface area contributed by atoms with Crippen LogP contribution < -0.4 is 11.3 Å². The molecule has 4 aromatic rings. The smallest absolute Gasteiger partial charge is 0.272 e. The van der Waals surface area contributed by atoms with Gasteiger partial charge in [0, 0.05) is 19.0 Å². The third-order valence-electron chi connectivity index (χ3n) is 5.12. The van der Waals surface area contributed by atoms with Crippen LogP contribution in [0.5, 0.6) is 0 Å². The second-order valence-electron chi connectivity index (χ2n) is 7.18. The first-order valence-corrected chi connectivity index (χ1v) is 11.0. The molecule has 4 rings (SSSR count). The first-order valence-electron chi connectivity index (χ1n) is 9.50. The van der Waals surface area contributed by atoms with Gasteiger partial charge < -0.3 is 10.3 Å². The third-order valence-corrected chi connectivity index (χ3v) is 6.88. The average Bonchev–Trinajstić information content (AvgIpc) is 2.78. The fourth-order valence-corrected chi connectivity index (χ4v) is 4.69. The van der Waals surface area contributed by atoms with Crippen molar-refractivity contribution >= 4 is 39.1 Å². The van der Waals surface area contributed by atoms with Gasteiger partial charge in [-0.05, 0) is 35.9 Å². The molecule has 1 aromatic heterocycles. The van der Waals surface area contributed by atoms with Gasteiger partial charge in [-0.15, -0.1) is 12.4 Å². The van der Waals surface area contributed by atoms with Crippen LogP contribution in [0, 0.1) is 5.41 Å². The third kappa shape index (κ3) is 4.28. The van der Waals surface area contributed by atoms with Gasteiger partial charge in [0.1, 0.15) is 11.5 Å². The lowest BCUT2D eigenvalue weighted by Crippen LogP contribution is -2.23. The molecule has 0 aliphatic rings. The van der Waals surface area contributed by atoms with Crippen LogP contribution in [0.2, 0.25) is 0 Å². The van der Waals surface area contributed by atoms with Crippen molar-refractivity contribution in [3.05, 3.63) is 100.0 Å². The number of nitrogens with two attached hydrogens (primary N) is 1. The average molecular weight is 469 g/mol. The molecular formula is C23H21ClN4O3S. The summed E-state index contributed by atoms with van der Waals surface area (Å²) in [6.45, 7) is 0. The molecule has 0 atom stereocenters. The minimum absolute atomic E-state index is 0. The first kappa shape index (κ1) is 23.2. The number of aryl methyl sites for hydroxylation is 1. The highest BCUT2D eigenvalue weighted by Gasteiger charge is 2.19. The van der Waals surface area contributed by atoms with Crippen LogP contribution in [0.1, 0.15) is 16.8 Å². The van der Waals surface area contributed by atoms with E-state index in [0.29, 0.717) is 22.3 Å². The lowest BCUT2D eigenvalue weighted by Gasteiger charge is -2.10. The molecule has 0 saturated heterocycles. The highest BCUT2D eigenvalue weighted by atomic mass is 35.5. The Morgan fingerprint density at radius 1 is 1.00 bits per heavy atom. The first-order chi connectivity index (χ1) is 14.8. The molecule has 0 fully saturated rings. The summed E-state index contributed by atoms with van der Waals surface area (Å²) in [5.74, 6) is -0.0292. The highest BCUT2D eigenvalue weighted by molar-refractivity contribution is 7.91. The number of nitrogens with one attached hydrogen (secondary N) is 1. The van der Waals surface area contributed by atoms with Gasteiger partial charge in [0.05, 0.1) is 20.8 Å². The largest absolute Gasteiger partial charge is 0.384 e. The van der Waals surface area contributed by atoms with Crippen molar-refractivity contribution < 1.29 is 8.42 Å². The van der Waals surface area contributed by atoms with Crippen LogP contribution in [0.15, 0.2) is 87.4 Å². The minimum atomic E-state index is -3.70. The number of amidine groups is 1. The van der Waals surface area contributed by atoms with Crippen molar-refractivity contribution in [3.63, 3.8) is 0 Å². The number of nitrogen functional groups attached to an aromatic ring is 1. The molecule has 0 amide bonds. The van der Waals surface area contributed by atoms with E-state index in [-0.39, 0.29) is 40.0 Å². The van der Waals surface area contributed by atoms with E-state index in [1.165, 1.54) is 16.7 Å². The Morgan fingerprint density at radius 2 is 1.66 bits per heavy atom. The Bertz CT molecular complexity index is 1470. The van der Waals surface area contributed by atoms with Crippen molar-refractivity contribution in [1.29, 1.82) is 5.41 Å². The van der Waals surface area contributed by atoms with Gasteiger partial charge in [-0.2, -0.15) is 0 Å². The van der Waals surface area contributed by atoms with Crippen LogP contribution in [0.3, 0.4) is 0 Å². The molecule has 0 saturated carbocycles. The predicted octanol–water partition coefficient (Wildman–Crippen LogP) is 3.06. The number of hydrogen-bond donors (Lipinski definition) is 2. The number of sulfone groups is 1. The number of fused-ring (bicyclic) bond motifs is 1. The second-order valence-corrected chi connectivity index (χ2v) is 9.13. The number of halogens is 1. The molecule has 0 bridgehead atoms. The van der Waals surface area contributed by atoms with E-state index >= 15 is 0 Å². The lowest BCUT2D eigenvalue weighted by atomic mass is 10.1. The van der Waals surface area contributed by atoms with Gasteiger partial charge in [0.15, 0.2) is 0 Å². The lowest BCUT2D eigenvalue weighted by molar-refractivity contribution is 0.596. The Morgan fingerprint density at radius 3 is 2.28 bits per heavy atom. The van der Waals surface area contributed by atoms with E-state index in [4.69, 9.17) is 11.1 Å². The van der Waals surface area contributed by atoms with E-state index in [1.54, 1.807) is 67.7 Å². The molecule has 0 aliphatic carbocycles. The van der Waals surface area contributed by atoms with E-state index < -0.39 is 9.84 Å². The van der Waals surface area contributed by atoms with E-state index in [0.717, 1.165) is 5.56 Å². The summed E-state index contributed by atoms with van der Waals surface area (Å²) in [7, 11) is -2.06. The molecule has 0 aliphatic heterocycles. The van der Waals surface area contributed by atoms with Crippen LogP contribution in [0.4, 0.5) is 0 Å². The Labute approximate surface area is 191 Å². The number of hydrogen-bond acceptors (Lipinski definition) is 5.